The summed E-state index contributed by atoms with van der Waals surface area (Å²) in [5.74, 6) is -0.503. The summed E-state index contributed by atoms with van der Waals surface area (Å²) in [6.07, 6.45) is 1.38. The lowest BCUT2D eigenvalue weighted by molar-refractivity contribution is -0.141. The second-order valence-corrected chi connectivity index (χ2v) is 5.80. The first-order valence-electron chi connectivity index (χ1n) is 6.37. The molecule has 1 saturated heterocycles. The number of hydrogen-bond acceptors (Lipinski definition) is 5. The van der Waals surface area contributed by atoms with Crippen LogP contribution in [0.1, 0.15) is 47.5 Å². The van der Waals surface area contributed by atoms with Crippen LogP contribution >= 0.6 is 0 Å². The van der Waals surface area contributed by atoms with Gasteiger partial charge in [0.15, 0.2) is 5.79 Å². The van der Waals surface area contributed by atoms with E-state index < -0.39 is 11.4 Å². The molecule has 0 unspecified atom stereocenters. The summed E-state index contributed by atoms with van der Waals surface area (Å²) < 4.78 is 11.2. The molecule has 1 heterocycles. The highest BCUT2D eigenvalue weighted by Gasteiger charge is 2.34. The molecular weight excluding hydrogens is 234 g/mol. The first-order valence-corrected chi connectivity index (χ1v) is 6.37. The van der Waals surface area contributed by atoms with E-state index in [1.165, 1.54) is 0 Å². The van der Waals surface area contributed by atoms with Crippen LogP contribution in [-0.4, -0.2) is 41.5 Å². The van der Waals surface area contributed by atoms with Gasteiger partial charge in [-0.05, 0) is 47.5 Å². The third kappa shape index (κ3) is 5.80. The van der Waals surface area contributed by atoms with Gasteiger partial charge in [0.2, 0.25) is 0 Å². The highest BCUT2D eigenvalue weighted by Crippen LogP contribution is 2.26. The zero-order valence-corrected chi connectivity index (χ0v) is 12.0. The van der Waals surface area contributed by atoms with E-state index in [2.05, 4.69) is 5.16 Å². The maximum atomic E-state index is 10.1. The second kappa shape index (κ2) is 5.99. The van der Waals surface area contributed by atoms with Crippen molar-refractivity contribution in [2.45, 2.75) is 65.0 Å². The largest absolute Gasteiger partial charge is 0.393 e. The van der Waals surface area contributed by atoms with Gasteiger partial charge in [-0.3, -0.25) is 0 Å². The van der Waals surface area contributed by atoms with Gasteiger partial charge in [-0.15, -0.1) is 0 Å². The number of rotatable bonds is 6. The molecule has 0 aromatic heterocycles. The molecule has 0 aromatic carbocycles. The van der Waals surface area contributed by atoms with E-state index in [0.717, 1.165) is 12.1 Å². The Balaban J connectivity index is 2.27. The molecule has 1 rings (SSSR count). The number of oxime groups is 1. The molecule has 0 bridgehead atoms. The molecule has 0 radical (unpaired) electrons. The maximum Gasteiger partial charge on any atom is 0.163 e. The van der Waals surface area contributed by atoms with Crippen molar-refractivity contribution in [1.82, 2.24) is 0 Å². The predicted octanol–water partition coefficient (Wildman–Crippen LogP) is 2.08. The maximum absolute atomic E-state index is 10.1. The first kappa shape index (κ1) is 15.4. The lowest BCUT2D eigenvalue weighted by atomic mass is 9.99. The van der Waals surface area contributed by atoms with Crippen LogP contribution in [-0.2, 0) is 14.3 Å². The van der Waals surface area contributed by atoms with Gasteiger partial charge in [-0.25, -0.2) is 0 Å². The highest BCUT2D eigenvalue weighted by molar-refractivity contribution is 5.78. The van der Waals surface area contributed by atoms with Gasteiger partial charge in [-0.2, -0.15) is 0 Å². The average molecular weight is 259 g/mol. The molecule has 1 fully saturated rings. The first-order chi connectivity index (χ1) is 8.20. The van der Waals surface area contributed by atoms with Crippen molar-refractivity contribution in [2.24, 2.45) is 5.16 Å². The molecule has 0 aliphatic carbocycles. The van der Waals surface area contributed by atoms with Crippen molar-refractivity contribution in [3.63, 3.8) is 0 Å². The van der Waals surface area contributed by atoms with Gasteiger partial charge in [0.05, 0.1) is 24.0 Å². The summed E-state index contributed by atoms with van der Waals surface area (Å²) >= 11 is 0. The Kier molecular flexibility index (Phi) is 5.13. The van der Waals surface area contributed by atoms with E-state index in [1.807, 2.05) is 27.7 Å². The van der Waals surface area contributed by atoms with Gasteiger partial charge in [0, 0.05) is 0 Å². The molecule has 0 saturated carbocycles. The predicted molar refractivity (Wildman–Crippen MR) is 69.5 cm³/mol. The fourth-order valence-electron chi connectivity index (χ4n) is 1.75. The van der Waals surface area contributed by atoms with Crippen LogP contribution < -0.4 is 0 Å². The van der Waals surface area contributed by atoms with E-state index in [4.69, 9.17) is 14.3 Å². The van der Waals surface area contributed by atoms with Crippen molar-refractivity contribution in [1.29, 1.82) is 0 Å². The zero-order valence-electron chi connectivity index (χ0n) is 12.0. The van der Waals surface area contributed by atoms with Crippen LogP contribution in [0.15, 0.2) is 5.16 Å². The minimum atomic E-state index is -0.894. The average Bonchev–Trinajstić information content (AvgIpc) is 2.55. The van der Waals surface area contributed by atoms with Gasteiger partial charge in [0.1, 0.15) is 6.61 Å². The van der Waals surface area contributed by atoms with E-state index in [0.29, 0.717) is 13.0 Å². The van der Waals surface area contributed by atoms with Crippen LogP contribution in [0.5, 0.6) is 0 Å². The molecule has 0 aromatic rings. The van der Waals surface area contributed by atoms with Gasteiger partial charge < -0.3 is 19.4 Å². The second-order valence-electron chi connectivity index (χ2n) is 5.80. The molecule has 1 N–H and O–H groups in total. The van der Waals surface area contributed by atoms with E-state index >= 15 is 0 Å². The minimum absolute atomic E-state index is 0.0443. The molecule has 5 heteroatoms. The van der Waals surface area contributed by atoms with Gasteiger partial charge in [0.25, 0.3) is 0 Å². The Morgan fingerprint density at radius 1 is 1.50 bits per heavy atom. The standard InChI is InChI=1S/C13H25NO4/c1-10(2)14-17-9-13(5,15)7-6-11-8-16-12(3,4)18-11/h11,15H,6-9H2,1-5H3/t11-,13-/m0/s1. The number of ether oxygens (including phenoxy) is 2. The Morgan fingerprint density at radius 3 is 2.67 bits per heavy atom. The van der Waals surface area contributed by atoms with Crippen molar-refractivity contribution in [3.8, 4) is 0 Å². The topological polar surface area (TPSA) is 60.3 Å². The molecule has 106 valence electrons. The molecule has 0 amide bonds. The molecule has 2 atom stereocenters. The Morgan fingerprint density at radius 2 is 2.17 bits per heavy atom. The van der Waals surface area contributed by atoms with Gasteiger partial charge in [-0.1, -0.05) is 5.16 Å². The van der Waals surface area contributed by atoms with Crippen LogP contribution in [0.4, 0.5) is 0 Å². The SMILES string of the molecule is CC(C)=NOC[C@@](C)(O)CC[C@H]1COC(C)(C)O1. The Bertz CT molecular complexity index is 295. The lowest BCUT2D eigenvalue weighted by Gasteiger charge is -2.23. The van der Waals surface area contributed by atoms with Crippen LogP contribution in [0.2, 0.25) is 0 Å². The summed E-state index contributed by atoms with van der Waals surface area (Å²) in [5, 5.41) is 13.9. The van der Waals surface area contributed by atoms with E-state index in [-0.39, 0.29) is 12.7 Å². The van der Waals surface area contributed by atoms with Gasteiger partial charge >= 0.3 is 0 Å². The lowest BCUT2D eigenvalue weighted by Crippen LogP contribution is -2.32. The van der Waals surface area contributed by atoms with E-state index in [1.54, 1.807) is 6.92 Å². The van der Waals surface area contributed by atoms with Crippen molar-refractivity contribution < 1.29 is 19.4 Å². The summed E-state index contributed by atoms with van der Waals surface area (Å²) in [5.41, 5.74) is -0.0604. The minimum Gasteiger partial charge on any atom is -0.393 e. The van der Waals surface area contributed by atoms with Crippen LogP contribution in [0, 0.1) is 0 Å². The fourth-order valence-corrected chi connectivity index (χ4v) is 1.75. The quantitative estimate of drug-likeness (QED) is 0.586. The number of aliphatic hydroxyl groups is 1. The fraction of sp³-hybridized carbons (Fsp3) is 0.923. The third-order valence-corrected chi connectivity index (χ3v) is 2.69. The smallest absolute Gasteiger partial charge is 0.163 e. The highest BCUT2D eigenvalue weighted by atomic mass is 16.7. The molecule has 5 nitrogen and oxygen atoms in total. The van der Waals surface area contributed by atoms with Crippen molar-refractivity contribution in [2.75, 3.05) is 13.2 Å². The Labute approximate surface area is 109 Å². The number of nitrogens with zero attached hydrogens (tertiary/aromatic N) is 1. The van der Waals surface area contributed by atoms with Crippen molar-refractivity contribution in [3.05, 3.63) is 0 Å². The van der Waals surface area contributed by atoms with Crippen LogP contribution in [0.25, 0.3) is 0 Å². The normalized spacial score (nSPS) is 25.6. The zero-order chi connectivity index (χ0) is 13.8. The summed E-state index contributed by atoms with van der Waals surface area (Å²) in [6.45, 7) is 10.0. The summed E-state index contributed by atoms with van der Waals surface area (Å²) in [4.78, 5) is 5.08. The molecule has 1 aliphatic rings. The molecule has 1 aliphatic heterocycles. The molecule has 0 spiro atoms. The monoisotopic (exact) mass is 259 g/mol. The van der Waals surface area contributed by atoms with Crippen molar-refractivity contribution >= 4 is 5.71 Å². The summed E-state index contributed by atoms with van der Waals surface area (Å²) in [7, 11) is 0. The molecule has 18 heavy (non-hydrogen) atoms. The molecular formula is C13H25NO4. The Hall–Kier alpha value is -0.650. The van der Waals surface area contributed by atoms with E-state index in [9.17, 15) is 5.11 Å². The summed E-state index contributed by atoms with van der Waals surface area (Å²) in [6, 6.07) is 0. The third-order valence-electron chi connectivity index (χ3n) is 2.69. The number of hydrogen-bond donors (Lipinski definition) is 1. The van der Waals surface area contributed by atoms with Crippen LogP contribution in [0.3, 0.4) is 0 Å².